The molecule has 0 atom stereocenters. The summed E-state index contributed by atoms with van der Waals surface area (Å²) < 4.78 is 0. The first-order valence-electron chi connectivity index (χ1n) is 6.27. The number of ketones is 1. The summed E-state index contributed by atoms with van der Waals surface area (Å²) in [5, 5.41) is 0.633. The van der Waals surface area contributed by atoms with Crippen LogP contribution in [0.5, 0.6) is 0 Å². The number of carbonyl (C=O) groups excluding carboxylic acids is 1. The zero-order chi connectivity index (χ0) is 12.1. The Hall–Kier alpha value is -0.860. The normalized spacial score (nSPS) is 17.0. The molecule has 1 saturated heterocycles. The highest BCUT2D eigenvalue weighted by Gasteiger charge is 2.12. The average Bonchev–Trinajstić information content (AvgIpc) is 2.37. The number of nitrogens with zero attached hydrogens (tertiary/aromatic N) is 1. The zero-order valence-electron chi connectivity index (χ0n) is 9.99. The lowest BCUT2D eigenvalue weighted by atomic mass is 10.1. The maximum absolute atomic E-state index is 12.0. The average molecular weight is 252 g/mol. The van der Waals surface area contributed by atoms with Crippen molar-refractivity contribution in [3.63, 3.8) is 0 Å². The van der Waals surface area contributed by atoms with E-state index in [4.69, 9.17) is 11.6 Å². The second kappa shape index (κ2) is 6.18. The molecular formula is C14H18ClNO. The van der Waals surface area contributed by atoms with Crippen molar-refractivity contribution in [3.8, 4) is 0 Å². The summed E-state index contributed by atoms with van der Waals surface area (Å²) in [7, 11) is 0. The van der Waals surface area contributed by atoms with Crippen molar-refractivity contribution >= 4 is 17.4 Å². The Labute approximate surface area is 108 Å². The van der Waals surface area contributed by atoms with Gasteiger partial charge in [0.15, 0.2) is 5.78 Å². The lowest BCUT2D eigenvalue weighted by molar-refractivity contribution is 0.0958. The van der Waals surface area contributed by atoms with E-state index in [2.05, 4.69) is 4.90 Å². The second-order valence-corrected chi connectivity index (χ2v) is 5.02. The van der Waals surface area contributed by atoms with E-state index >= 15 is 0 Å². The SMILES string of the molecule is O=C(CCN1CCCCC1)c1cccc(Cl)c1. The summed E-state index contributed by atoms with van der Waals surface area (Å²) in [5.74, 6) is 0.193. The van der Waals surface area contributed by atoms with Gasteiger partial charge in [-0.15, -0.1) is 0 Å². The highest BCUT2D eigenvalue weighted by molar-refractivity contribution is 6.31. The fourth-order valence-corrected chi connectivity index (χ4v) is 2.44. The minimum Gasteiger partial charge on any atom is -0.303 e. The van der Waals surface area contributed by atoms with E-state index in [0.717, 1.165) is 25.2 Å². The molecule has 0 unspecified atom stereocenters. The molecule has 1 aromatic rings. The molecule has 1 aromatic carbocycles. The first-order valence-corrected chi connectivity index (χ1v) is 6.64. The van der Waals surface area contributed by atoms with Crippen molar-refractivity contribution in [1.29, 1.82) is 0 Å². The lowest BCUT2D eigenvalue weighted by Gasteiger charge is -2.25. The second-order valence-electron chi connectivity index (χ2n) is 4.59. The molecular weight excluding hydrogens is 234 g/mol. The van der Waals surface area contributed by atoms with Gasteiger partial charge in [0, 0.05) is 23.6 Å². The van der Waals surface area contributed by atoms with Crippen LogP contribution in [0.1, 0.15) is 36.0 Å². The monoisotopic (exact) mass is 251 g/mol. The van der Waals surface area contributed by atoms with E-state index < -0.39 is 0 Å². The summed E-state index contributed by atoms with van der Waals surface area (Å²) in [4.78, 5) is 14.3. The summed E-state index contributed by atoms with van der Waals surface area (Å²) in [6.07, 6.45) is 4.47. The molecule has 0 spiro atoms. The third-order valence-electron chi connectivity index (χ3n) is 3.25. The maximum Gasteiger partial charge on any atom is 0.164 e. The van der Waals surface area contributed by atoms with Gasteiger partial charge in [-0.25, -0.2) is 0 Å². The number of Topliss-reactive ketones (excluding diaryl/α,β-unsaturated/α-hetero) is 1. The number of carbonyl (C=O) groups is 1. The fourth-order valence-electron chi connectivity index (χ4n) is 2.25. The van der Waals surface area contributed by atoms with Gasteiger partial charge < -0.3 is 4.90 Å². The first kappa shape index (κ1) is 12.6. The molecule has 0 aliphatic carbocycles. The molecule has 0 saturated carbocycles. The maximum atomic E-state index is 12.0. The van der Waals surface area contributed by atoms with Crippen LogP contribution in [0, 0.1) is 0 Å². The molecule has 1 aliphatic heterocycles. The molecule has 2 nitrogen and oxygen atoms in total. The van der Waals surface area contributed by atoms with Crippen molar-refractivity contribution < 1.29 is 4.79 Å². The standard InChI is InChI=1S/C14H18ClNO/c15-13-6-4-5-12(11-13)14(17)7-10-16-8-2-1-3-9-16/h4-6,11H,1-3,7-10H2. The van der Waals surface area contributed by atoms with Crippen LogP contribution < -0.4 is 0 Å². The molecule has 1 heterocycles. The Balaban J connectivity index is 1.84. The summed E-state index contributed by atoms with van der Waals surface area (Å²) in [6, 6.07) is 7.21. The molecule has 92 valence electrons. The van der Waals surface area contributed by atoms with Gasteiger partial charge in [-0.1, -0.05) is 30.2 Å². The molecule has 2 rings (SSSR count). The van der Waals surface area contributed by atoms with Crippen molar-refractivity contribution in [2.24, 2.45) is 0 Å². The fraction of sp³-hybridized carbons (Fsp3) is 0.500. The Morgan fingerprint density at radius 1 is 1.24 bits per heavy atom. The predicted molar refractivity (Wildman–Crippen MR) is 70.7 cm³/mol. The highest BCUT2D eigenvalue weighted by Crippen LogP contribution is 2.14. The van der Waals surface area contributed by atoms with Crippen LogP contribution in [-0.2, 0) is 0 Å². The smallest absolute Gasteiger partial charge is 0.164 e. The van der Waals surface area contributed by atoms with Crippen LogP contribution in [0.3, 0.4) is 0 Å². The number of hydrogen-bond acceptors (Lipinski definition) is 2. The number of piperidine rings is 1. The number of halogens is 1. The molecule has 3 heteroatoms. The van der Waals surface area contributed by atoms with Gasteiger partial charge in [-0.05, 0) is 38.1 Å². The van der Waals surface area contributed by atoms with Crippen LogP contribution in [0.25, 0.3) is 0 Å². The highest BCUT2D eigenvalue weighted by atomic mass is 35.5. The van der Waals surface area contributed by atoms with Gasteiger partial charge in [0.1, 0.15) is 0 Å². The molecule has 0 radical (unpaired) electrons. The van der Waals surface area contributed by atoms with Gasteiger partial charge in [0.25, 0.3) is 0 Å². The Morgan fingerprint density at radius 2 is 2.00 bits per heavy atom. The molecule has 0 bridgehead atoms. The number of benzene rings is 1. The van der Waals surface area contributed by atoms with Gasteiger partial charge in [-0.3, -0.25) is 4.79 Å². The van der Waals surface area contributed by atoms with E-state index in [9.17, 15) is 4.79 Å². The molecule has 1 aliphatic rings. The van der Waals surface area contributed by atoms with Crippen molar-refractivity contribution in [2.45, 2.75) is 25.7 Å². The van der Waals surface area contributed by atoms with E-state index in [0.29, 0.717) is 11.4 Å². The minimum atomic E-state index is 0.193. The first-order chi connectivity index (χ1) is 8.25. The molecule has 0 N–H and O–H groups in total. The van der Waals surface area contributed by atoms with Gasteiger partial charge in [0.2, 0.25) is 0 Å². The van der Waals surface area contributed by atoms with Crippen LogP contribution in [-0.4, -0.2) is 30.3 Å². The summed E-state index contributed by atoms with van der Waals surface area (Å²) in [5.41, 5.74) is 0.731. The van der Waals surface area contributed by atoms with Gasteiger partial charge >= 0.3 is 0 Å². The van der Waals surface area contributed by atoms with Crippen molar-refractivity contribution in [3.05, 3.63) is 34.9 Å². The van der Waals surface area contributed by atoms with E-state index in [1.807, 2.05) is 12.1 Å². The third-order valence-corrected chi connectivity index (χ3v) is 3.49. The molecule has 0 aromatic heterocycles. The Morgan fingerprint density at radius 3 is 2.71 bits per heavy atom. The van der Waals surface area contributed by atoms with Crippen LogP contribution in [0.4, 0.5) is 0 Å². The number of hydrogen-bond donors (Lipinski definition) is 0. The summed E-state index contributed by atoms with van der Waals surface area (Å²) >= 11 is 5.88. The summed E-state index contributed by atoms with van der Waals surface area (Å²) in [6.45, 7) is 3.16. The minimum absolute atomic E-state index is 0.193. The number of likely N-dealkylation sites (tertiary alicyclic amines) is 1. The third kappa shape index (κ3) is 3.83. The predicted octanol–water partition coefficient (Wildman–Crippen LogP) is 3.40. The van der Waals surface area contributed by atoms with Crippen molar-refractivity contribution in [1.82, 2.24) is 4.90 Å². The van der Waals surface area contributed by atoms with E-state index in [-0.39, 0.29) is 5.78 Å². The van der Waals surface area contributed by atoms with Crippen LogP contribution in [0.2, 0.25) is 5.02 Å². The Bertz CT molecular complexity index is 386. The molecule has 1 fully saturated rings. The van der Waals surface area contributed by atoms with Gasteiger partial charge in [-0.2, -0.15) is 0 Å². The topological polar surface area (TPSA) is 20.3 Å². The van der Waals surface area contributed by atoms with Crippen LogP contribution >= 0.6 is 11.6 Å². The van der Waals surface area contributed by atoms with Crippen LogP contribution in [0.15, 0.2) is 24.3 Å². The van der Waals surface area contributed by atoms with E-state index in [1.54, 1.807) is 12.1 Å². The zero-order valence-corrected chi connectivity index (χ0v) is 10.7. The van der Waals surface area contributed by atoms with Crippen molar-refractivity contribution in [2.75, 3.05) is 19.6 Å². The molecule has 17 heavy (non-hydrogen) atoms. The van der Waals surface area contributed by atoms with E-state index in [1.165, 1.54) is 19.3 Å². The quantitative estimate of drug-likeness (QED) is 0.765. The van der Waals surface area contributed by atoms with Gasteiger partial charge in [0.05, 0.1) is 0 Å². The largest absolute Gasteiger partial charge is 0.303 e. The molecule has 0 amide bonds. The Kier molecular flexibility index (Phi) is 4.57. The number of rotatable bonds is 4. The lowest BCUT2D eigenvalue weighted by Crippen LogP contribution is -2.31.